The minimum absolute atomic E-state index is 0.144. The van der Waals surface area contributed by atoms with Gasteiger partial charge in [0, 0.05) is 19.1 Å². The molecule has 1 aliphatic carbocycles. The van der Waals surface area contributed by atoms with E-state index < -0.39 is 5.60 Å². The number of nitrogens with zero attached hydrogens (tertiary/aromatic N) is 1. The van der Waals surface area contributed by atoms with E-state index in [0.717, 1.165) is 13.1 Å². The van der Waals surface area contributed by atoms with Crippen molar-refractivity contribution in [1.82, 2.24) is 10.2 Å². The Hall–Kier alpha value is -0.770. The maximum absolute atomic E-state index is 12.1. The summed E-state index contributed by atoms with van der Waals surface area (Å²) in [6.07, 6.45) is 3.60. The molecule has 0 aromatic carbocycles. The van der Waals surface area contributed by atoms with Gasteiger partial charge in [-0.1, -0.05) is 6.42 Å². The zero-order chi connectivity index (χ0) is 13.3. The maximum atomic E-state index is 12.1. The SMILES string of the molecule is CNC1C2CCCC1CN(C(=O)OC(C)(C)C)C2. The maximum Gasteiger partial charge on any atom is 0.410 e. The summed E-state index contributed by atoms with van der Waals surface area (Å²) in [4.78, 5) is 14.0. The highest BCUT2D eigenvalue weighted by molar-refractivity contribution is 5.68. The molecule has 4 nitrogen and oxygen atoms in total. The standard InChI is InChI=1S/C14H26N2O2/c1-14(2,3)18-13(17)16-8-10-6-5-7-11(9-16)12(10)15-4/h10-12,15H,5-9H2,1-4H3. The summed E-state index contributed by atoms with van der Waals surface area (Å²) >= 11 is 0. The van der Waals surface area contributed by atoms with Crippen molar-refractivity contribution < 1.29 is 9.53 Å². The summed E-state index contributed by atoms with van der Waals surface area (Å²) in [6.45, 7) is 7.46. The molecule has 2 fully saturated rings. The summed E-state index contributed by atoms with van der Waals surface area (Å²) in [5, 5.41) is 3.43. The lowest BCUT2D eigenvalue weighted by molar-refractivity contribution is -0.00523. The third-order valence-electron chi connectivity index (χ3n) is 4.06. The van der Waals surface area contributed by atoms with Gasteiger partial charge in [0.05, 0.1) is 0 Å². The van der Waals surface area contributed by atoms with E-state index in [4.69, 9.17) is 4.74 Å². The normalized spacial score (nSPS) is 32.2. The van der Waals surface area contributed by atoms with Crippen LogP contribution in [0.3, 0.4) is 0 Å². The van der Waals surface area contributed by atoms with Gasteiger partial charge >= 0.3 is 6.09 Å². The molecule has 0 aromatic heterocycles. The molecule has 0 spiro atoms. The minimum Gasteiger partial charge on any atom is -0.444 e. The second kappa shape index (κ2) is 5.08. The zero-order valence-corrected chi connectivity index (χ0v) is 12.0. The zero-order valence-electron chi connectivity index (χ0n) is 12.0. The average Bonchev–Trinajstić information content (AvgIpc) is 2.24. The van der Waals surface area contributed by atoms with E-state index in [-0.39, 0.29) is 6.09 Å². The lowest BCUT2D eigenvalue weighted by Gasteiger charge is -2.47. The van der Waals surface area contributed by atoms with E-state index in [1.165, 1.54) is 19.3 Å². The van der Waals surface area contributed by atoms with Gasteiger partial charge in [0.15, 0.2) is 0 Å². The smallest absolute Gasteiger partial charge is 0.410 e. The van der Waals surface area contributed by atoms with Gasteiger partial charge in [-0.15, -0.1) is 0 Å². The van der Waals surface area contributed by atoms with Crippen LogP contribution in [-0.2, 0) is 4.74 Å². The fourth-order valence-electron chi connectivity index (χ4n) is 3.38. The molecule has 1 saturated carbocycles. The summed E-state index contributed by atoms with van der Waals surface area (Å²) in [7, 11) is 2.04. The Labute approximate surface area is 110 Å². The van der Waals surface area contributed by atoms with E-state index in [0.29, 0.717) is 17.9 Å². The van der Waals surface area contributed by atoms with Crippen LogP contribution >= 0.6 is 0 Å². The van der Waals surface area contributed by atoms with Crippen LogP contribution < -0.4 is 5.32 Å². The van der Waals surface area contributed by atoms with E-state index in [1.54, 1.807) is 0 Å². The number of rotatable bonds is 1. The molecule has 4 heteroatoms. The summed E-state index contributed by atoms with van der Waals surface area (Å²) in [5.41, 5.74) is -0.397. The lowest BCUT2D eigenvalue weighted by atomic mass is 9.73. The topological polar surface area (TPSA) is 41.6 Å². The second-order valence-corrected chi connectivity index (χ2v) is 6.65. The molecule has 0 aromatic rings. The Bertz CT molecular complexity index is 297. The molecular weight excluding hydrogens is 228 g/mol. The van der Waals surface area contributed by atoms with Gasteiger partial charge in [-0.05, 0) is 52.5 Å². The molecule has 1 aliphatic heterocycles. The summed E-state index contributed by atoms with van der Waals surface area (Å²) in [5.74, 6) is 1.19. The molecule has 2 atom stereocenters. The number of hydrogen-bond donors (Lipinski definition) is 1. The number of carbonyl (C=O) groups excluding carboxylic acids is 1. The number of ether oxygens (including phenoxy) is 1. The van der Waals surface area contributed by atoms with Crippen LogP contribution in [0.25, 0.3) is 0 Å². The van der Waals surface area contributed by atoms with Crippen molar-refractivity contribution in [2.24, 2.45) is 11.8 Å². The van der Waals surface area contributed by atoms with E-state index in [2.05, 4.69) is 5.32 Å². The molecule has 2 rings (SSSR count). The highest BCUT2D eigenvalue weighted by atomic mass is 16.6. The first-order valence-electron chi connectivity index (χ1n) is 7.06. The van der Waals surface area contributed by atoms with E-state index >= 15 is 0 Å². The summed E-state index contributed by atoms with van der Waals surface area (Å²) in [6, 6.07) is 0.581. The Balaban J connectivity index is 1.99. The number of likely N-dealkylation sites (tertiary alicyclic amines) is 1. The first-order valence-corrected chi connectivity index (χ1v) is 7.06. The molecule has 0 radical (unpaired) electrons. The fraction of sp³-hybridized carbons (Fsp3) is 0.929. The lowest BCUT2D eigenvalue weighted by Crippen LogP contribution is -2.58. The van der Waals surface area contributed by atoms with Gasteiger partial charge in [0.1, 0.15) is 5.60 Å². The predicted octanol–water partition coefficient (Wildman–Crippen LogP) is 2.24. The van der Waals surface area contributed by atoms with Crippen LogP contribution in [0.4, 0.5) is 4.79 Å². The fourth-order valence-corrected chi connectivity index (χ4v) is 3.38. The number of amides is 1. The Morgan fingerprint density at radius 3 is 2.22 bits per heavy atom. The molecule has 104 valence electrons. The first-order chi connectivity index (χ1) is 8.40. The van der Waals surface area contributed by atoms with Gasteiger partial charge in [-0.2, -0.15) is 0 Å². The van der Waals surface area contributed by atoms with Gasteiger partial charge in [0.25, 0.3) is 0 Å². The third-order valence-corrected chi connectivity index (χ3v) is 4.06. The molecule has 1 heterocycles. The van der Waals surface area contributed by atoms with E-state index in [1.807, 2.05) is 32.7 Å². The number of piperidine rings is 1. The van der Waals surface area contributed by atoms with Crippen LogP contribution in [0.5, 0.6) is 0 Å². The first kappa shape index (κ1) is 13.7. The third kappa shape index (κ3) is 2.97. The van der Waals surface area contributed by atoms with Crippen LogP contribution in [0.2, 0.25) is 0 Å². The van der Waals surface area contributed by atoms with Gasteiger partial charge < -0.3 is 15.0 Å². The highest BCUT2D eigenvalue weighted by Gasteiger charge is 2.40. The van der Waals surface area contributed by atoms with Crippen LogP contribution in [0, 0.1) is 11.8 Å². The molecule has 2 aliphatic rings. The Kier molecular flexibility index (Phi) is 3.85. The Morgan fingerprint density at radius 2 is 1.78 bits per heavy atom. The van der Waals surface area contributed by atoms with Crippen molar-refractivity contribution >= 4 is 6.09 Å². The molecule has 18 heavy (non-hydrogen) atoms. The van der Waals surface area contributed by atoms with Crippen LogP contribution in [0.15, 0.2) is 0 Å². The quantitative estimate of drug-likeness (QED) is 0.780. The van der Waals surface area contributed by atoms with Crippen molar-refractivity contribution in [3.05, 3.63) is 0 Å². The number of fused-ring (bicyclic) bond motifs is 2. The van der Waals surface area contributed by atoms with Crippen molar-refractivity contribution in [3.8, 4) is 0 Å². The molecule has 1 N–H and O–H groups in total. The van der Waals surface area contributed by atoms with E-state index in [9.17, 15) is 4.79 Å². The second-order valence-electron chi connectivity index (χ2n) is 6.65. The van der Waals surface area contributed by atoms with Crippen LogP contribution in [-0.4, -0.2) is 42.8 Å². The van der Waals surface area contributed by atoms with Crippen molar-refractivity contribution in [1.29, 1.82) is 0 Å². The van der Waals surface area contributed by atoms with Gasteiger partial charge in [-0.25, -0.2) is 4.79 Å². The number of hydrogen-bond acceptors (Lipinski definition) is 3. The predicted molar refractivity (Wildman–Crippen MR) is 71.5 cm³/mol. The molecule has 1 saturated heterocycles. The molecular formula is C14H26N2O2. The minimum atomic E-state index is -0.397. The molecule has 2 unspecified atom stereocenters. The Morgan fingerprint density at radius 1 is 1.22 bits per heavy atom. The molecule has 1 amide bonds. The van der Waals surface area contributed by atoms with Crippen molar-refractivity contribution in [3.63, 3.8) is 0 Å². The van der Waals surface area contributed by atoms with Crippen molar-refractivity contribution in [2.45, 2.75) is 51.7 Å². The van der Waals surface area contributed by atoms with Crippen LogP contribution in [0.1, 0.15) is 40.0 Å². The monoisotopic (exact) mass is 254 g/mol. The van der Waals surface area contributed by atoms with Gasteiger partial charge in [0.2, 0.25) is 0 Å². The number of carbonyl (C=O) groups is 1. The number of nitrogens with one attached hydrogen (secondary N) is 1. The average molecular weight is 254 g/mol. The van der Waals surface area contributed by atoms with Crippen molar-refractivity contribution in [2.75, 3.05) is 20.1 Å². The largest absolute Gasteiger partial charge is 0.444 e. The summed E-state index contributed by atoms with van der Waals surface area (Å²) < 4.78 is 5.48. The highest BCUT2D eigenvalue weighted by Crippen LogP contribution is 2.35. The molecule has 2 bridgehead atoms. The van der Waals surface area contributed by atoms with Gasteiger partial charge in [-0.3, -0.25) is 0 Å².